The number of carbonyl (C=O) groups is 2. The van der Waals surface area contributed by atoms with Gasteiger partial charge in [0.1, 0.15) is 12.7 Å². The fraction of sp³-hybridized carbons (Fsp3) is 0.889. The van der Waals surface area contributed by atoms with Crippen LogP contribution in [0, 0.1) is 56.7 Å². The number of aliphatic hydroxyl groups excluding tert-OH is 2. The van der Waals surface area contributed by atoms with E-state index in [0.29, 0.717) is 17.8 Å². The summed E-state index contributed by atoms with van der Waals surface area (Å²) in [5.74, 6) is 1.54. The second-order valence-electron chi connectivity index (χ2n) is 17.1. The minimum Gasteiger partial charge on any atom is -0.463 e. The lowest BCUT2D eigenvalue weighted by atomic mass is 9.32. The van der Waals surface area contributed by atoms with E-state index in [0.717, 1.165) is 69.8 Å². The van der Waals surface area contributed by atoms with E-state index < -0.39 is 24.2 Å². The average Bonchev–Trinajstić information content (AvgIpc) is 3.35. The quantitative estimate of drug-likeness (QED) is 0.249. The summed E-state index contributed by atoms with van der Waals surface area (Å²) in [6, 6.07) is 0. The Morgan fingerprint density at radius 1 is 0.860 bits per heavy atom. The molecule has 244 valence electrons. The summed E-state index contributed by atoms with van der Waals surface area (Å²) >= 11 is 0. The van der Waals surface area contributed by atoms with Gasteiger partial charge >= 0.3 is 11.9 Å². The van der Waals surface area contributed by atoms with Crippen molar-refractivity contribution in [3.05, 3.63) is 12.2 Å². The van der Waals surface area contributed by atoms with Crippen molar-refractivity contribution in [1.29, 1.82) is 0 Å². The molecule has 0 saturated heterocycles. The van der Waals surface area contributed by atoms with E-state index in [-0.39, 0.29) is 58.1 Å². The molecular weight excluding hydrogens is 542 g/mol. The van der Waals surface area contributed by atoms with Crippen molar-refractivity contribution >= 4 is 11.9 Å². The molecule has 43 heavy (non-hydrogen) atoms. The molecule has 0 heterocycles. The van der Waals surface area contributed by atoms with Gasteiger partial charge in [0, 0.05) is 12.3 Å². The Morgan fingerprint density at radius 3 is 2.14 bits per heavy atom. The van der Waals surface area contributed by atoms with Crippen molar-refractivity contribution < 1.29 is 29.3 Å². The van der Waals surface area contributed by atoms with E-state index >= 15 is 0 Å². The highest BCUT2D eigenvalue weighted by Crippen LogP contribution is 2.77. The standard InChI is InChI=1S/C36H59NO6/c1-22(2)24-11-16-36(30(41)42-21-35(37,19-38)20-39)18-17-33(7)25(29(24)36)9-10-27-32(6)14-13-28(43-23(3)40)31(4,5)26(32)12-15-34(27,33)8/h24-29,38-39H,1,9-21,37H2,2-8H3/t24-,25+,26?,27+,28-,29+,32-,33+,34+,36-/m0/s1. The molecule has 1 unspecified atom stereocenters. The minimum absolute atomic E-state index is 0.0283. The lowest BCUT2D eigenvalue weighted by Crippen LogP contribution is -2.67. The van der Waals surface area contributed by atoms with Crippen LogP contribution in [-0.2, 0) is 19.1 Å². The Balaban J connectivity index is 1.47. The largest absolute Gasteiger partial charge is 0.463 e. The molecule has 5 aliphatic carbocycles. The summed E-state index contributed by atoms with van der Waals surface area (Å²) in [6.45, 7) is 19.4. The Kier molecular flexibility index (Phi) is 8.30. The second kappa shape index (κ2) is 10.8. The zero-order valence-corrected chi connectivity index (χ0v) is 28.0. The third kappa shape index (κ3) is 4.68. The maximum atomic E-state index is 14.1. The van der Waals surface area contributed by atoms with Crippen LogP contribution in [0.2, 0.25) is 0 Å². The molecule has 0 aliphatic heterocycles. The van der Waals surface area contributed by atoms with Gasteiger partial charge in [-0.3, -0.25) is 9.59 Å². The van der Waals surface area contributed by atoms with Gasteiger partial charge in [0.15, 0.2) is 0 Å². The Bertz CT molecular complexity index is 1130. The van der Waals surface area contributed by atoms with Crippen LogP contribution in [0.15, 0.2) is 12.2 Å². The molecule has 0 bridgehead atoms. The van der Waals surface area contributed by atoms with Crippen molar-refractivity contribution in [3.63, 3.8) is 0 Å². The van der Waals surface area contributed by atoms with Crippen molar-refractivity contribution in [2.45, 2.75) is 124 Å². The van der Waals surface area contributed by atoms with Crippen LogP contribution in [0.4, 0.5) is 0 Å². The number of hydrogen-bond donors (Lipinski definition) is 3. The molecule has 5 rings (SSSR count). The van der Waals surface area contributed by atoms with E-state index in [2.05, 4.69) is 48.1 Å². The normalized spacial score (nSPS) is 45.2. The van der Waals surface area contributed by atoms with Crippen LogP contribution in [0.3, 0.4) is 0 Å². The third-order valence-electron chi connectivity index (χ3n) is 14.8. The molecule has 0 radical (unpaired) electrons. The molecule has 4 N–H and O–H groups in total. The molecule has 5 aliphatic rings. The third-order valence-corrected chi connectivity index (χ3v) is 14.8. The molecule has 5 fully saturated rings. The predicted octanol–water partition coefficient (Wildman–Crippen LogP) is 5.80. The van der Waals surface area contributed by atoms with Crippen molar-refractivity contribution in [3.8, 4) is 0 Å². The van der Waals surface area contributed by atoms with Gasteiger partial charge in [0.2, 0.25) is 0 Å². The summed E-state index contributed by atoms with van der Waals surface area (Å²) in [6.07, 6.45) is 10.1. The molecule has 0 amide bonds. The van der Waals surface area contributed by atoms with Crippen molar-refractivity contribution in [2.24, 2.45) is 62.4 Å². The number of rotatable bonds is 7. The topological polar surface area (TPSA) is 119 Å². The van der Waals surface area contributed by atoms with Gasteiger partial charge in [0.25, 0.3) is 0 Å². The highest BCUT2D eigenvalue weighted by molar-refractivity contribution is 5.78. The van der Waals surface area contributed by atoms with Crippen LogP contribution in [-0.4, -0.2) is 53.6 Å². The Labute approximate surface area is 259 Å². The first-order valence-corrected chi connectivity index (χ1v) is 17.0. The second-order valence-corrected chi connectivity index (χ2v) is 17.1. The highest BCUT2D eigenvalue weighted by Gasteiger charge is 2.72. The van der Waals surface area contributed by atoms with E-state index in [4.69, 9.17) is 15.2 Å². The van der Waals surface area contributed by atoms with Gasteiger partial charge in [-0.25, -0.2) is 0 Å². The first-order valence-electron chi connectivity index (χ1n) is 17.0. The number of esters is 2. The SMILES string of the molecule is C=C(C)[C@@H]1CC[C@]2(C(=O)OCC(N)(CO)CO)CC[C@]3(C)[C@H](CC[C@@H]4[C@@]5(C)CC[C@H](OC(C)=O)C(C)(C)C5CC[C@]43C)[C@@H]12. The minimum atomic E-state index is -1.33. The molecule has 0 spiro atoms. The Hall–Kier alpha value is -1.44. The maximum Gasteiger partial charge on any atom is 0.312 e. The molecule has 7 nitrogen and oxygen atoms in total. The number of allylic oxidation sites excluding steroid dienone is 1. The number of nitrogens with two attached hydrogens (primary N) is 1. The van der Waals surface area contributed by atoms with E-state index in [9.17, 15) is 19.8 Å². The van der Waals surface area contributed by atoms with E-state index in [1.165, 1.54) is 6.92 Å². The van der Waals surface area contributed by atoms with Gasteiger partial charge in [-0.1, -0.05) is 46.8 Å². The molecule has 0 aromatic rings. The van der Waals surface area contributed by atoms with E-state index in [1.54, 1.807) is 0 Å². The number of fused-ring (bicyclic) bond motifs is 7. The van der Waals surface area contributed by atoms with Crippen LogP contribution in [0.5, 0.6) is 0 Å². The fourth-order valence-electron chi connectivity index (χ4n) is 12.4. The summed E-state index contributed by atoms with van der Waals surface area (Å²) in [7, 11) is 0. The first kappa shape index (κ1) is 32.9. The molecule has 0 aromatic heterocycles. The zero-order valence-electron chi connectivity index (χ0n) is 28.0. The predicted molar refractivity (Wildman–Crippen MR) is 167 cm³/mol. The van der Waals surface area contributed by atoms with Gasteiger partial charge in [-0.15, -0.1) is 0 Å². The summed E-state index contributed by atoms with van der Waals surface area (Å²) in [5.41, 5.74) is 5.69. The monoisotopic (exact) mass is 601 g/mol. The molecule has 10 atom stereocenters. The number of aliphatic hydroxyl groups is 2. The van der Waals surface area contributed by atoms with Gasteiger partial charge < -0.3 is 25.4 Å². The Morgan fingerprint density at radius 2 is 1.53 bits per heavy atom. The molecule has 7 heteroatoms. The van der Waals surface area contributed by atoms with Gasteiger partial charge in [0.05, 0.1) is 24.2 Å². The van der Waals surface area contributed by atoms with Crippen LogP contribution in [0.25, 0.3) is 0 Å². The smallest absolute Gasteiger partial charge is 0.312 e. The summed E-state index contributed by atoms with van der Waals surface area (Å²) in [4.78, 5) is 26.1. The van der Waals surface area contributed by atoms with Crippen molar-refractivity contribution in [2.75, 3.05) is 19.8 Å². The van der Waals surface area contributed by atoms with E-state index in [1.807, 2.05) is 0 Å². The maximum absolute atomic E-state index is 14.1. The van der Waals surface area contributed by atoms with Crippen LogP contribution >= 0.6 is 0 Å². The van der Waals surface area contributed by atoms with Gasteiger partial charge in [-0.05, 0) is 117 Å². The lowest BCUT2D eigenvalue weighted by molar-refractivity contribution is -0.250. The zero-order chi connectivity index (χ0) is 31.8. The fourth-order valence-corrected chi connectivity index (χ4v) is 12.4. The van der Waals surface area contributed by atoms with Crippen molar-refractivity contribution in [1.82, 2.24) is 0 Å². The summed E-state index contributed by atoms with van der Waals surface area (Å²) < 4.78 is 11.8. The van der Waals surface area contributed by atoms with Crippen LogP contribution in [0.1, 0.15) is 113 Å². The average molecular weight is 602 g/mol. The molecular formula is C36H59NO6. The lowest BCUT2D eigenvalue weighted by Gasteiger charge is -2.72. The highest BCUT2D eigenvalue weighted by atomic mass is 16.5. The molecule has 0 aromatic carbocycles. The molecule has 5 saturated carbocycles. The summed E-state index contributed by atoms with van der Waals surface area (Å²) in [5, 5.41) is 19.4. The number of carbonyl (C=O) groups excluding carboxylic acids is 2. The van der Waals surface area contributed by atoms with Crippen LogP contribution < -0.4 is 5.73 Å². The number of hydrogen-bond acceptors (Lipinski definition) is 7. The van der Waals surface area contributed by atoms with Gasteiger partial charge in [-0.2, -0.15) is 0 Å². The number of ether oxygens (including phenoxy) is 2. The first-order chi connectivity index (χ1) is 20.0.